The smallest absolute Gasteiger partial charge is 0.142 e. The summed E-state index contributed by atoms with van der Waals surface area (Å²) < 4.78 is 6.47. The Labute approximate surface area is 274 Å². The van der Waals surface area contributed by atoms with Gasteiger partial charge in [0, 0.05) is 5.69 Å². The van der Waals surface area contributed by atoms with Crippen LogP contribution in [-0.2, 0) is 0 Å². The zero-order valence-electron chi connectivity index (χ0n) is 30.9. The highest BCUT2D eigenvalue weighted by atomic mass is 16.5. The lowest BCUT2D eigenvalue weighted by Gasteiger charge is -2.61. The summed E-state index contributed by atoms with van der Waals surface area (Å²) in [7, 11) is 0. The van der Waals surface area contributed by atoms with Crippen molar-refractivity contribution < 1.29 is 4.74 Å². The largest absolute Gasteiger partial charge is 0.488 e. The quantitative estimate of drug-likeness (QED) is 0.273. The van der Waals surface area contributed by atoms with Gasteiger partial charge in [-0.05, 0) is 134 Å². The molecule has 0 radical (unpaired) electrons. The Kier molecular flexibility index (Phi) is 13.9. The lowest BCUT2D eigenvalue weighted by atomic mass is 9.44. The van der Waals surface area contributed by atoms with E-state index >= 15 is 0 Å². The molecule has 10 unspecified atom stereocenters. The Hall–Kier alpha value is -1.38. The van der Waals surface area contributed by atoms with Gasteiger partial charge in [-0.1, -0.05) is 101 Å². The molecule has 44 heavy (non-hydrogen) atoms. The van der Waals surface area contributed by atoms with Crippen LogP contribution >= 0.6 is 0 Å². The second-order valence-corrected chi connectivity index (χ2v) is 16.4. The fourth-order valence-electron chi connectivity index (χ4n) is 10.3. The second kappa shape index (κ2) is 16.4. The molecule has 0 aromatic heterocycles. The van der Waals surface area contributed by atoms with Gasteiger partial charge < -0.3 is 16.2 Å². The summed E-state index contributed by atoms with van der Waals surface area (Å²) in [5.41, 5.74) is 14.6. The molecule has 1 aromatic rings. The Morgan fingerprint density at radius 2 is 1.48 bits per heavy atom. The second-order valence-electron chi connectivity index (χ2n) is 16.4. The molecule has 5 rings (SSSR count). The highest BCUT2D eigenvalue weighted by molar-refractivity contribution is 5.60. The predicted molar refractivity (Wildman–Crippen MR) is 194 cm³/mol. The van der Waals surface area contributed by atoms with Crippen LogP contribution in [0.2, 0.25) is 0 Å². The van der Waals surface area contributed by atoms with Gasteiger partial charge >= 0.3 is 0 Å². The fraction of sp³-hybridized carbons (Fsp3) is 0.854. The predicted octanol–water partition coefficient (Wildman–Crippen LogP) is 12.2. The first-order valence-electron chi connectivity index (χ1n) is 19.2. The van der Waals surface area contributed by atoms with Crippen LogP contribution in [0, 0.1) is 58.2 Å². The maximum absolute atomic E-state index is 6.47. The number of hydrogen-bond acceptors (Lipinski definition) is 3. The third-order valence-electron chi connectivity index (χ3n) is 13.6. The Bertz CT molecular complexity index is 991. The third kappa shape index (κ3) is 8.31. The van der Waals surface area contributed by atoms with Gasteiger partial charge in [0.05, 0.1) is 11.8 Å². The zero-order valence-corrected chi connectivity index (χ0v) is 30.9. The van der Waals surface area contributed by atoms with Crippen LogP contribution in [0.1, 0.15) is 159 Å². The molecule has 1 aromatic carbocycles. The van der Waals surface area contributed by atoms with Crippen LogP contribution < -0.4 is 16.2 Å². The van der Waals surface area contributed by atoms with E-state index in [1.54, 1.807) is 0 Å². The maximum Gasteiger partial charge on any atom is 0.142 e. The van der Waals surface area contributed by atoms with Crippen molar-refractivity contribution in [2.45, 2.75) is 165 Å². The molecular formula is C41H74N2O. The van der Waals surface area contributed by atoms with Gasteiger partial charge in [-0.3, -0.25) is 0 Å². The summed E-state index contributed by atoms with van der Waals surface area (Å²) in [5, 5.41) is 0. The van der Waals surface area contributed by atoms with Crippen molar-refractivity contribution in [3.8, 4) is 5.75 Å². The zero-order chi connectivity index (χ0) is 32.7. The van der Waals surface area contributed by atoms with E-state index in [0.717, 1.165) is 59.5 Å². The van der Waals surface area contributed by atoms with E-state index in [9.17, 15) is 0 Å². The standard InChI is InChI=1S/C34H56N2O.C5H12.C2H6/c1-6-22(2)8-7-9-23(3)28-13-14-29-27-12-10-24-20-26(37-32-15-11-25(35)21-31(32)36)16-18-33(24,4)30(27)17-19-34(28,29)5;1-4-5(2)3;1-2/h11,15,21-24,26-30H,6-10,12-14,16-20,35-36H2,1-5H3;5H,4H2,1-3H3;1-2H3. The highest BCUT2D eigenvalue weighted by Crippen LogP contribution is 2.68. The lowest BCUT2D eigenvalue weighted by Crippen LogP contribution is -2.54. The summed E-state index contributed by atoms with van der Waals surface area (Å²) in [5.74, 6) is 8.10. The molecule has 0 heterocycles. The maximum atomic E-state index is 6.47. The number of rotatable bonds is 9. The normalized spacial score (nSPS) is 35.5. The van der Waals surface area contributed by atoms with Gasteiger partial charge in [-0.2, -0.15) is 0 Å². The molecule has 0 bridgehead atoms. The van der Waals surface area contributed by atoms with E-state index in [-0.39, 0.29) is 0 Å². The molecule has 4 aliphatic carbocycles. The Morgan fingerprint density at radius 1 is 0.818 bits per heavy atom. The first-order chi connectivity index (χ1) is 20.9. The van der Waals surface area contributed by atoms with Crippen molar-refractivity contribution in [2.24, 2.45) is 58.2 Å². The summed E-state index contributed by atoms with van der Waals surface area (Å²) in [6.07, 6.45) is 19.7. The van der Waals surface area contributed by atoms with E-state index in [4.69, 9.17) is 16.2 Å². The van der Waals surface area contributed by atoms with E-state index < -0.39 is 0 Å². The monoisotopic (exact) mass is 611 g/mol. The highest BCUT2D eigenvalue weighted by Gasteiger charge is 2.60. The van der Waals surface area contributed by atoms with Crippen LogP contribution in [0.3, 0.4) is 0 Å². The molecular weight excluding hydrogens is 536 g/mol. The summed E-state index contributed by atoms with van der Waals surface area (Å²) in [6, 6.07) is 5.69. The van der Waals surface area contributed by atoms with E-state index in [2.05, 4.69) is 55.4 Å². The molecule has 4 saturated carbocycles. The number of fused-ring (bicyclic) bond motifs is 5. The minimum absolute atomic E-state index is 0.293. The van der Waals surface area contributed by atoms with E-state index in [0.29, 0.717) is 28.3 Å². The molecule has 3 heteroatoms. The van der Waals surface area contributed by atoms with E-state index in [1.807, 2.05) is 32.0 Å². The van der Waals surface area contributed by atoms with Crippen LogP contribution in [-0.4, -0.2) is 6.10 Å². The molecule has 3 nitrogen and oxygen atoms in total. The average Bonchev–Trinajstić information content (AvgIpc) is 3.37. The third-order valence-corrected chi connectivity index (χ3v) is 13.6. The van der Waals surface area contributed by atoms with Gasteiger partial charge in [-0.25, -0.2) is 0 Å². The molecule has 0 saturated heterocycles. The lowest BCUT2D eigenvalue weighted by molar-refractivity contribution is -0.126. The fourth-order valence-corrected chi connectivity index (χ4v) is 10.3. The average molecular weight is 611 g/mol. The first kappa shape index (κ1) is 37.1. The molecule has 10 atom stereocenters. The molecule has 4 N–H and O–H groups in total. The minimum atomic E-state index is 0.293. The van der Waals surface area contributed by atoms with Crippen molar-refractivity contribution in [2.75, 3.05) is 11.5 Å². The number of benzene rings is 1. The number of nitrogen functional groups attached to an aromatic ring is 2. The van der Waals surface area contributed by atoms with Crippen LogP contribution in [0.4, 0.5) is 11.4 Å². The molecule has 254 valence electrons. The van der Waals surface area contributed by atoms with E-state index in [1.165, 1.54) is 83.5 Å². The van der Waals surface area contributed by atoms with Crippen molar-refractivity contribution in [3.63, 3.8) is 0 Å². The van der Waals surface area contributed by atoms with Crippen LogP contribution in [0.5, 0.6) is 5.75 Å². The first-order valence-corrected chi connectivity index (χ1v) is 19.2. The summed E-state index contributed by atoms with van der Waals surface area (Å²) in [6.45, 7) is 23.4. The van der Waals surface area contributed by atoms with Crippen molar-refractivity contribution in [1.82, 2.24) is 0 Å². The topological polar surface area (TPSA) is 61.3 Å². The summed E-state index contributed by atoms with van der Waals surface area (Å²) in [4.78, 5) is 0. The van der Waals surface area contributed by atoms with Crippen molar-refractivity contribution in [1.29, 1.82) is 0 Å². The number of ether oxygens (including phenoxy) is 1. The molecule has 0 amide bonds. The molecule has 4 aliphatic rings. The molecule has 0 spiro atoms. The molecule has 4 fully saturated rings. The van der Waals surface area contributed by atoms with Gasteiger partial charge in [0.1, 0.15) is 5.75 Å². The van der Waals surface area contributed by atoms with Gasteiger partial charge in [0.2, 0.25) is 0 Å². The van der Waals surface area contributed by atoms with Gasteiger partial charge in [0.15, 0.2) is 0 Å². The number of anilines is 2. The minimum Gasteiger partial charge on any atom is -0.488 e. The number of hydrogen-bond donors (Lipinski definition) is 2. The van der Waals surface area contributed by atoms with Crippen LogP contribution in [0.25, 0.3) is 0 Å². The molecule has 0 aliphatic heterocycles. The van der Waals surface area contributed by atoms with Gasteiger partial charge in [-0.15, -0.1) is 0 Å². The van der Waals surface area contributed by atoms with Crippen molar-refractivity contribution in [3.05, 3.63) is 18.2 Å². The Morgan fingerprint density at radius 3 is 2.11 bits per heavy atom. The van der Waals surface area contributed by atoms with Gasteiger partial charge in [0.25, 0.3) is 0 Å². The SMILES string of the molecule is CC.CCC(C)C.CCC(C)CCCC(C)C1CCC2C3CCC4CC(Oc5ccc(N)cc5N)CCC4(C)C3CCC12C. The summed E-state index contributed by atoms with van der Waals surface area (Å²) >= 11 is 0. The Balaban J connectivity index is 0.000000688. The van der Waals surface area contributed by atoms with Crippen molar-refractivity contribution >= 4 is 11.4 Å². The number of nitrogens with two attached hydrogens (primary N) is 2. The van der Waals surface area contributed by atoms with Crippen LogP contribution in [0.15, 0.2) is 18.2 Å².